The number of carbonyl (C=O) groups excluding carboxylic acids is 1. The summed E-state index contributed by atoms with van der Waals surface area (Å²) in [6, 6.07) is 20.5. The van der Waals surface area contributed by atoms with Gasteiger partial charge in [-0.15, -0.1) is 0 Å². The molecule has 0 bridgehead atoms. The van der Waals surface area contributed by atoms with Gasteiger partial charge in [0.15, 0.2) is 0 Å². The summed E-state index contributed by atoms with van der Waals surface area (Å²) in [6.45, 7) is 2.87. The topological polar surface area (TPSA) is 57.7 Å². The Balaban J connectivity index is 1.64. The molecule has 1 aliphatic heterocycles. The summed E-state index contributed by atoms with van der Waals surface area (Å²) < 4.78 is 27.4. The molecule has 0 saturated heterocycles. The number of benzene rings is 3. The van der Waals surface area contributed by atoms with Gasteiger partial charge in [0.25, 0.3) is 10.0 Å². The number of rotatable bonds is 6. The van der Waals surface area contributed by atoms with Gasteiger partial charge in [-0.2, -0.15) is 0 Å². The van der Waals surface area contributed by atoms with E-state index in [2.05, 4.69) is 0 Å². The minimum Gasteiger partial charge on any atom is -0.337 e. The van der Waals surface area contributed by atoms with Crippen LogP contribution in [-0.2, 0) is 21.4 Å². The minimum absolute atomic E-state index is 0.192. The maximum Gasteiger partial charge on any atom is 0.265 e. The fraction of sp³-hybridized carbons (Fsp3) is 0.227. The molecule has 0 spiro atoms. The zero-order valence-electron chi connectivity index (χ0n) is 15.7. The van der Waals surface area contributed by atoms with Crippen molar-refractivity contribution < 1.29 is 13.2 Å². The number of amides is 1. The first-order valence-electron chi connectivity index (χ1n) is 9.38. The second kappa shape index (κ2) is 7.28. The highest BCUT2D eigenvalue weighted by molar-refractivity contribution is 7.93. The largest absolute Gasteiger partial charge is 0.337 e. The maximum atomic E-state index is 13.1. The molecule has 1 aliphatic rings. The SMILES string of the molecule is CCCN(Cc1ccccc1)C(=O)CN1c2cccc3cccc(c23)S1(=O)=O. The molecule has 1 amide bonds. The van der Waals surface area contributed by atoms with Gasteiger partial charge in [-0.05, 0) is 29.5 Å². The summed E-state index contributed by atoms with van der Waals surface area (Å²) in [6.07, 6.45) is 0.807. The van der Waals surface area contributed by atoms with E-state index in [-0.39, 0.29) is 17.3 Å². The van der Waals surface area contributed by atoms with Gasteiger partial charge in [-0.3, -0.25) is 9.10 Å². The first kappa shape index (κ1) is 18.5. The average molecular weight is 394 g/mol. The second-order valence-electron chi connectivity index (χ2n) is 6.94. The molecule has 0 saturated carbocycles. The Morgan fingerprint density at radius 1 is 0.964 bits per heavy atom. The van der Waals surface area contributed by atoms with Crippen molar-refractivity contribution in [3.63, 3.8) is 0 Å². The van der Waals surface area contributed by atoms with Crippen LogP contribution in [0.15, 0.2) is 71.6 Å². The predicted molar refractivity (Wildman–Crippen MR) is 111 cm³/mol. The highest BCUT2D eigenvalue weighted by Crippen LogP contribution is 2.41. The van der Waals surface area contributed by atoms with Gasteiger partial charge in [0.2, 0.25) is 5.91 Å². The van der Waals surface area contributed by atoms with Crippen LogP contribution in [0.1, 0.15) is 18.9 Å². The number of carbonyl (C=O) groups is 1. The monoisotopic (exact) mass is 394 g/mol. The molecule has 144 valence electrons. The molecule has 3 aromatic carbocycles. The van der Waals surface area contributed by atoms with Crippen LogP contribution in [0.5, 0.6) is 0 Å². The zero-order valence-corrected chi connectivity index (χ0v) is 16.5. The molecular weight excluding hydrogens is 372 g/mol. The van der Waals surface area contributed by atoms with Gasteiger partial charge >= 0.3 is 0 Å². The standard InChI is InChI=1S/C22H22N2O3S/c1-2-14-23(15-17-8-4-3-5-9-17)21(25)16-24-19-12-6-10-18-11-7-13-20(22(18)19)28(24,26)27/h3-13H,2,14-16H2,1H3. The smallest absolute Gasteiger partial charge is 0.265 e. The molecule has 4 rings (SSSR count). The van der Waals surface area contributed by atoms with Crippen LogP contribution < -0.4 is 4.31 Å². The molecule has 28 heavy (non-hydrogen) atoms. The van der Waals surface area contributed by atoms with E-state index in [9.17, 15) is 13.2 Å². The Bertz CT molecular complexity index is 1120. The molecule has 0 aliphatic carbocycles. The fourth-order valence-corrected chi connectivity index (χ4v) is 5.38. The van der Waals surface area contributed by atoms with Crippen molar-refractivity contribution in [1.29, 1.82) is 0 Å². The molecular formula is C22H22N2O3S. The summed E-state index contributed by atoms with van der Waals surface area (Å²) >= 11 is 0. The van der Waals surface area contributed by atoms with E-state index in [4.69, 9.17) is 0 Å². The molecule has 6 heteroatoms. The summed E-state index contributed by atoms with van der Waals surface area (Å²) in [5, 5.41) is 1.56. The third-order valence-corrected chi connectivity index (χ3v) is 6.82. The molecule has 0 fully saturated rings. The van der Waals surface area contributed by atoms with Crippen LogP contribution in [0.4, 0.5) is 5.69 Å². The van der Waals surface area contributed by atoms with Crippen molar-refractivity contribution in [2.75, 3.05) is 17.4 Å². The average Bonchev–Trinajstić information content (AvgIpc) is 2.92. The Kier molecular flexibility index (Phi) is 4.81. The van der Waals surface area contributed by atoms with E-state index in [0.29, 0.717) is 24.2 Å². The Labute approximate surface area is 165 Å². The van der Waals surface area contributed by atoms with E-state index >= 15 is 0 Å². The van der Waals surface area contributed by atoms with Crippen LogP contribution in [0.2, 0.25) is 0 Å². The van der Waals surface area contributed by atoms with Crippen LogP contribution in [-0.4, -0.2) is 32.3 Å². The van der Waals surface area contributed by atoms with Crippen LogP contribution in [0.25, 0.3) is 10.8 Å². The third kappa shape index (κ3) is 3.14. The summed E-state index contributed by atoms with van der Waals surface area (Å²) in [7, 11) is -3.73. The van der Waals surface area contributed by atoms with E-state index in [1.807, 2.05) is 55.5 Å². The van der Waals surface area contributed by atoms with Crippen molar-refractivity contribution in [2.24, 2.45) is 0 Å². The first-order valence-corrected chi connectivity index (χ1v) is 10.8. The van der Waals surface area contributed by atoms with Crippen LogP contribution in [0, 0.1) is 0 Å². The summed E-state index contributed by atoms with van der Waals surface area (Å²) in [5.74, 6) is -0.195. The van der Waals surface area contributed by atoms with Crippen molar-refractivity contribution in [3.05, 3.63) is 72.3 Å². The Morgan fingerprint density at radius 3 is 2.39 bits per heavy atom. The fourth-order valence-electron chi connectivity index (χ4n) is 3.72. The normalized spacial score (nSPS) is 14.4. The number of nitrogens with zero attached hydrogens (tertiary/aromatic N) is 2. The molecule has 0 atom stereocenters. The number of sulfonamides is 1. The summed E-state index contributed by atoms with van der Waals surface area (Å²) in [4.78, 5) is 15.1. The van der Waals surface area contributed by atoms with Gasteiger partial charge < -0.3 is 4.90 Å². The predicted octanol–water partition coefficient (Wildman–Crippen LogP) is 3.79. The Morgan fingerprint density at radius 2 is 1.68 bits per heavy atom. The van der Waals surface area contributed by atoms with Gasteiger partial charge in [0, 0.05) is 18.5 Å². The van der Waals surface area contributed by atoms with E-state index in [1.165, 1.54) is 4.31 Å². The zero-order chi connectivity index (χ0) is 19.7. The first-order chi connectivity index (χ1) is 13.5. The highest BCUT2D eigenvalue weighted by Gasteiger charge is 2.37. The second-order valence-corrected chi connectivity index (χ2v) is 8.77. The molecule has 3 aromatic rings. The molecule has 1 heterocycles. The van der Waals surface area contributed by atoms with Crippen LogP contribution in [0.3, 0.4) is 0 Å². The Hall–Kier alpha value is -2.86. The molecule has 0 aromatic heterocycles. The minimum atomic E-state index is -3.73. The van der Waals surface area contributed by atoms with Crippen LogP contribution >= 0.6 is 0 Å². The van der Waals surface area contributed by atoms with Gasteiger partial charge in [-0.1, -0.05) is 61.5 Å². The molecule has 0 N–H and O–H groups in total. The van der Waals surface area contributed by atoms with E-state index in [1.54, 1.807) is 23.1 Å². The number of hydrogen-bond donors (Lipinski definition) is 0. The molecule has 5 nitrogen and oxygen atoms in total. The highest BCUT2D eigenvalue weighted by atomic mass is 32.2. The third-order valence-electron chi connectivity index (χ3n) is 5.02. The maximum absolute atomic E-state index is 13.1. The van der Waals surface area contributed by atoms with Gasteiger partial charge in [0.1, 0.15) is 6.54 Å². The molecule has 0 unspecified atom stereocenters. The number of anilines is 1. The lowest BCUT2D eigenvalue weighted by molar-refractivity contribution is -0.130. The summed E-state index contributed by atoms with van der Waals surface area (Å²) in [5.41, 5.74) is 1.61. The van der Waals surface area contributed by atoms with Crippen molar-refractivity contribution in [3.8, 4) is 0 Å². The van der Waals surface area contributed by atoms with E-state index < -0.39 is 10.0 Å². The quantitative estimate of drug-likeness (QED) is 0.639. The van der Waals surface area contributed by atoms with Gasteiger partial charge in [0.05, 0.1) is 10.6 Å². The van der Waals surface area contributed by atoms with Crippen molar-refractivity contribution in [2.45, 2.75) is 24.8 Å². The molecule has 0 radical (unpaired) electrons. The lowest BCUT2D eigenvalue weighted by atomic mass is 10.1. The lowest BCUT2D eigenvalue weighted by Crippen LogP contribution is -2.41. The van der Waals surface area contributed by atoms with Crippen molar-refractivity contribution in [1.82, 2.24) is 4.90 Å². The van der Waals surface area contributed by atoms with Crippen molar-refractivity contribution >= 4 is 32.4 Å². The number of hydrogen-bond acceptors (Lipinski definition) is 3. The lowest BCUT2D eigenvalue weighted by Gasteiger charge is -2.26. The van der Waals surface area contributed by atoms with E-state index in [0.717, 1.165) is 17.4 Å². The van der Waals surface area contributed by atoms with Gasteiger partial charge in [-0.25, -0.2) is 8.42 Å².